The van der Waals surface area contributed by atoms with Crippen molar-refractivity contribution >= 4 is 5.97 Å². The van der Waals surface area contributed by atoms with Gasteiger partial charge in [-0.25, -0.2) is 0 Å². The number of carbonyl (C=O) groups is 1. The lowest BCUT2D eigenvalue weighted by Gasteiger charge is -2.18. The van der Waals surface area contributed by atoms with Gasteiger partial charge in [-0.05, 0) is 38.0 Å². The first-order valence-corrected chi connectivity index (χ1v) is 9.54. The molecule has 4 heteroatoms. The van der Waals surface area contributed by atoms with Crippen LogP contribution in [0.3, 0.4) is 0 Å². The van der Waals surface area contributed by atoms with E-state index in [1.54, 1.807) is 0 Å². The van der Waals surface area contributed by atoms with Crippen molar-refractivity contribution in [2.24, 2.45) is 11.8 Å². The first kappa shape index (κ1) is 21.7. The number of unbranched alkanes of at least 4 members (excludes halogenated alkanes) is 3. The Morgan fingerprint density at radius 3 is 2.76 bits per heavy atom. The number of aliphatic hydroxyl groups is 2. The highest BCUT2D eigenvalue weighted by atomic mass is 16.4. The van der Waals surface area contributed by atoms with Crippen molar-refractivity contribution < 1.29 is 20.1 Å². The second-order valence-electron chi connectivity index (χ2n) is 7.05. The smallest absolute Gasteiger partial charge is 0.303 e. The number of hydrogen-bond donors (Lipinski definition) is 3. The summed E-state index contributed by atoms with van der Waals surface area (Å²) in [5.41, 5.74) is 1.05. The largest absolute Gasteiger partial charge is 0.481 e. The lowest BCUT2D eigenvalue weighted by Crippen LogP contribution is -2.17. The first-order valence-electron chi connectivity index (χ1n) is 9.54. The first-order chi connectivity index (χ1) is 12.0. The Balaban J connectivity index is 2.48. The van der Waals surface area contributed by atoms with Crippen molar-refractivity contribution in [2.75, 3.05) is 0 Å². The number of allylic oxidation sites excluding steroid dienone is 2. The molecule has 4 nitrogen and oxygen atoms in total. The van der Waals surface area contributed by atoms with Gasteiger partial charge in [0.15, 0.2) is 0 Å². The van der Waals surface area contributed by atoms with Gasteiger partial charge < -0.3 is 15.3 Å². The van der Waals surface area contributed by atoms with Crippen LogP contribution in [-0.4, -0.2) is 33.5 Å². The van der Waals surface area contributed by atoms with Gasteiger partial charge in [0.2, 0.25) is 0 Å². The number of rotatable bonds is 12. The van der Waals surface area contributed by atoms with E-state index in [1.807, 2.05) is 18.2 Å². The Morgan fingerprint density at radius 1 is 1.32 bits per heavy atom. The molecular formula is C21H34O4. The molecule has 0 bridgehead atoms. The lowest BCUT2D eigenvalue weighted by molar-refractivity contribution is -0.137. The molecule has 0 amide bonds. The van der Waals surface area contributed by atoms with Gasteiger partial charge in [-0.15, -0.1) is 0 Å². The van der Waals surface area contributed by atoms with E-state index < -0.39 is 18.2 Å². The predicted octanol–water partition coefficient (Wildman–Crippen LogP) is 4.24. The van der Waals surface area contributed by atoms with Crippen molar-refractivity contribution in [2.45, 2.75) is 76.9 Å². The Kier molecular flexibility index (Phi) is 10.4. The van der Waals surface area contributed by atoms with Crippen molar-refractivity contribution in [3.8, 4) is 0 Å². The van der Waals surface area contributed by atoms with Gasteiger partial charge in [0, 0.05) is 12.3 Å². The summed E-state index contributed by atoms with van der Waals surface area (Å²) >= 11 is 0. The topological polar surface area (TPSA) is 77.8 Å². The number of aliphatic carboxylic acids is 1. The maximum absolute atomic E-state index is 10.5. The second-order valence-corrected chi connectivity index (χ2v) is 7.05. The SMILES string of the molecule is C=C1C[C@@H](O)[C@H](/C=C/[C@H](O)CCCCC)[C@H]1C/C=C\CCCC(=O)O. The Labute approximate surface area is 152 Å². The predicted molar refractivity (Wildman–Crippen MR) is 101 cm³/mol. The highest BCUT2D eigenvalue weighted by molar-refractivity contribution is 5.66. The molecule has 1 rings (SSSR count). The minimum absolute atomic E-state index is 0.00278. The summed E-state index contributed by atoms with van der Waals surface area (Å²) in [6.45, 7) is 6.24. The Morgan fingerprint density at radius 2 is 2.08 bits per heavy atom. The molecule has 3 N–H and O–H groups in total. The molecule has 0 aromatic carbocycles. The molecule has 25 heavy (non-hydrogen) atoms. The minimum Gasteiger partial charge on any atom is -0.481 e. The third-order valence-corrected chi connectivity index (χ3v) is 4.88. The standard InChI is InChI=1S/C21H34O4/c1-3-4-7-10-17(22)13-14-19-18(16(2)15-20(19)23)11-8-5-6-9-12-21(24)25/h5,8,13-14,17-20,22-23H,2-4,6-7,9-12,15H2,1H3,(H,24,25)/b8-5-,14-13+/t17-,18+,19-,20-/m1/s1. The van der Waals surface area contributed by atoms with Crippen LogP contribution in [-0.2, 0) is 4.79 Å². The van der Waals surface area contributed by atoms with Crippen LogP contribution < -0.4 is 0 Å². The van der Waals surface area contributed by atoms with Crippen LogP contribution in [0.4, 0.5) is 0 Å². The van der Waals surface area contributed by atoms with Gasteiger partial charge in [0.1, 0.15) is 0 Å². The maximum Gasteiger partial charge on any atom is 0.303 e. The zero-order valence-electron chi connectivity index (χ0n) is 15.4. The quantitative estimate of drug-likeness (QED) is 0.363. The van der Waals surface area contributed by atoms with Crippen molar-refractivity contribution in [3.63, 3.8) is 0 Å². The molecule has 0 unspecified atom stereocenters. The van der Waals surface area contributed by atoms with Gasteiger partial charge >= 0.3 is 5.97 Å². The van der Waals surface area contributed by atoms with E-state index in [4.69, 9.17) is 5.11 Å². The van der Waals surface area contributed by atoms with Gasteiger partial charge in [0.25, 0.3) is 0 Å². The lowest BCUT2D eigenvalue weighted by atomic mass is 9.89. The summed E-state index contributed by atoms with van der Waals surface area (Å²) in [5, 5.41) is 28.9. The minimum atomic E-state index is -0.761. The van der Waals surface area contributed by atoms with E-state index in [9.17, 15) is 15.0 Å². The van der Waals surface area contributed by atoms with Crippen LogP contribution >= 0.6 is 0 Å². The monoisotopic (exact) mass is 350 g/mol. The summed E-state index contributed by atoms with van der Waals surface area (Å²) in [6.07, 6.45) is 14.0. The number of hydrogen-bond acceptors (Lipinski definition) is 3. The molecule has 0 heterocycles. The Hall–Kier alpha value is -1.39. The van der Waals surface area contributed by atoms with Crippen LogP contribution in [0.1, 0.15) is 64.7 Å². The number of carboxylic acids is 1. The molecular weight excluding hydrogens is 316 g/mol. The zero-order chi connectivity index (χ0) is 18.7. The second kappa shape index (κ2) is 12.0. The maximum atomic E-state index is 10.5. The molecule has 0 spiro atoms. The molecule has 0 radical (unpaired) electrons. The normalized spacial score (nSPS) is 25.2. The summed E-state index contributed by atoms with van der Waals surface area (Å²) in [6, 6.07) is 0. The molecule has 1 saturated carbocycles. The van der Waals surface area contributed by atoms with E-state index in [0.29, 0.717) is 12.8 Å². The van der Waals surface area contributed by atoms with Crippen molar-refractivity contribution in [3.05, 3.63) is 36.5 Å². The molecule has 4 atom stereocenters. The van der Waals surface area contributed by atoms with Gasteiger partial charge in [-0.3, -0.25) is 4.79 Å². The highest BCUT2D eigenvalue weighted by Gasteiger charge is 2.35. The summed E-state index contributed by atoms with van der Waals surface area (Å²) in [7, 11) is 0. The van der Waals surface area contributed by atoms with Gasteiger partial charge in [-0.1, -0.05) is 62.6 Å². The fraction of sp³-hybridized carbons (Fsp3) is 0.667. The summed E-state index contributed by atoms with van der Waals surface area (Å²) in [4.78, 5) is 10.5. The van der Waals surface area contributed by atoms with E-state index in [1.165, 1.54) is 0 Å². The van der Waals surface area contributed by atoms with Gasteiger partial charge in [0.05, 0.1) is 12.2 Å². The number of carboxylic acid groups (broad SMARTS) is 1. The summed E-state index contributed by atoms with van der Waals surface area (Å²) in [5.74, 6) is -0.579. The Bertz CT molecular complexity index is 467. The van der Waals surface area contributed by atoms with E-state index in [-0.39, 0.29) is 18.3 Å². The molecule has 0 aliphatic heterocycles. The highest BCUT2D eigenvalue weighted by Crippen LogP contribution is 2.39. The fourth-order valence-electron chi connectivity index (χ4n) is 3.37. The molecule has 1 fully saturated rings. The van der Waals surface area contributed by atoms with Crippen molar-refractivity contribution in [1.82, 2.24) is 0 Å². The molecule has 0 aromatic rings. The van der Waals surface area contributed by atoms with Crippen LogP contribution in [0.15, 0.2) is 36.5 Å². The molecule has 1 aliphatic rings. The third kappa shape index (κ3) is 8.50. The zero-order valence-corrected chi connectivity index (χ0v) is 15.4. The van der Waals surface area contributed by atoms with Crippen molar-refractivity contribution in [1.29, 1.82) is 0 Å². The molecule has 0 saturated heterocycles. The molecule has 1 aliphatic carbocycles. The van der Waals surface area contributed by atoms with Crippen LogP contribution in [0.5, 0.6) is 0 Å². The van der Waals surface area contributed by atoms with Crippen LogP contribution in [0.25, 0.3) is 0 Å². The van der Waals surface area contributed by atoms with E-state index in [0.717, 1.165) is 44.1 Å². The number of aliphatic hydroxyl groups excluding tert-OH is 2. The van der Waals surface area contributed by atoms with Gasteiger partial charge in [-0.2, -0.15) is 0 Å². The molecule has 0 aromatic heterocycles. The van der Waals surface area contributed by atoms with Crippen LogP contribution in [0.2, 0.25) is 0 Å². The van der Waals surface area contributed by atoms with Crippen LogP contribution in [0, 0.1) is 11.8 Å². The van der Waals surface area contributed by atoms with E-state index in [2.05, 4.69) is 19.6 Å². The van der Waals surface area contributed by atoms with E-state index >= 15 is 0 Å². The third-order valence-electron chi connectivity index (χ3n) is 4.88. The fourth-order valence-corrected chi connectivity index (χ4v) is 3.37. The average molecular weight is 350 g/mol. The summed E-state index contributed by atoms with van der Waals surface area (Å²) < 4.78 is 0. The molecule has 142 valence electrons. The average Bonchev–Trinajstić information content (AvgIpc) is 2.82.